The molecule has 138 valence electrons. The van der Waals surface area contributed by atoms with Crippen molar-refractivity contribution < 1.29 is 27.5 Å². The summed E-state index contributed by atoms with van der Waals surface area (Å²) in [5.74, 6) is -1.14. The molecule has 0 radical (unpaired) electrons. The third-order valence-electron chi connectivity index (χ3n) is 3.45. The predicted octanol–water partition coefficient (Wildman–Crippen LogP) is 3.85. The molecule has 0 saturated carbocycles. The van der Waals surface area contributed by atoms with Crippen molar-refractivity contribution in [2.24, 2.45) is 5.73 Å². The summed E-state index contributed by atoms with van der Waals surface area (Å²) in [5.41, 5.74) is 4.51. The molecule has 0 saturated heterocycles. The lowest BCUT2D eigenvalue weighted by Crippen LogP contribution is -2.15. The van der Waals surface area contributed by atoms with Gasteiger partial charge >= 0.3 is 6.18 Å². The lowest BCUT2D eigenvalue weighted by molar-refractivity contribution is -0.137. The Morgan fingerprint density at radius 3 is 2.23 bits per heavy atom. The molecule has 2 rings (SSSR count). The molecule has 0 aliphatic carbocycles. The van der Waals surface area contributed by atoms with Crippen LogP contribution in [0.3, 0.4) is 0 Å². The molecule has 8 heteroatoms. The molecule has 0 unspecified atom stereocenters. The molecule has 0 aliphatic rings. The monoisotopic (exact) mass is 366 g/mol. The van der Waals surface area contributed by atoms with Gasteiger partial charge in [-0.25, -0.2) is 0 Å². The Bertz CT molecular complexity index is 802. The topological polar surface area (TPSA) is 81.4 Å². The van der Waals surface area contributed by atoms with E-state index in [1.807, 2.05) is 6.92 Å². The average Bonchev–Trinajstić information content (AvgIpc) is 2.59. The van der Waals surface area contributed by atoms with E-state index in [0.717, 1.165) is 12.1 Å². The van der Waals surface area contributed by atoms with Gasteiger partial charge < -0.3 is 15.8 Å². The number of amides is 2. The molecule has 26 heavy (non-hydrogen) atoms. The highest BCUT2D eigenvalue weighted by Gasteiger charge is 2.31. The van der Waals surface area contributed by atoms with Gasteiger partial charge in [-0.05, 0) is 48.9 Å². The molecule has 2 amide bonds. The highest BCUT2D eigenvalue weighted by molar-refractivity contribution is 6.05. The minimum Gasteiger partial charge on any atom is -0.491 e. The largest absolute Gasteiger partial charge is 0.491 e. The smallest absolute Gasteiger partial charge is 0.416 e. The number of primary amides is 1. The van der Waals surface area contributed by atoms with Crippen LogP contribution in [-0.2, 0) is 6.18 Å². The summed E-state index contributed by atoms with van der Waals surface area (Å²) in [4.78, 5) is 23.4. The lowest BCUT2D eigenvalue weighted by Gasteiger charge is -2.15. The summed E-state index contributed by atoms with van der Waals surface area (Å²) in [6.07, 6.45) is -3.89. The predicted molar refractivity (Wildman–Crippen MR) is 90.1 cm³/mol. The first-order chi connectivity index (χ1) is 12.2. The van der Waals surface area contributed by atoms with Crippen LogP contribution in [0, 0.1) is 0 Å². The van der Waals surface area contributed by atoms with Gasteiger partial charge in [-0.3, -0.25) is 9.59 Å². The molecule has 0 aromatic heterocycles. The van der Waals surface area contributed by atoms with Crippen LogP contribution < -0.4 is 15.8 Å². The molecule has 2 aromatic rings. The van der Waals surface area contributed by atoms with E-state index in [-0.39, 0.29) is 22.6 Å². The normalized spacial score (nSPS) is 11.1. The maximum absolute atomic E-state index is 12.9. The van der Waals surface area contributed by atoms with E-state index < -0.39 is 23.6 Å². The van der Waals surface area contributed by atoms with Gasteiger partial charge in [-0.15, -0.1) is 0 Å². The summed E-state index contributed by atoms with van der Waals surface area (Å²) < 4.78 is 44.2. The zero-order valence-corrected chi connectivity index (χ0v) is 13.9. The second-order valence-electron chi connectivity index (χ2n) is 5.45. The lowest BCUT2D eigenvalue weighted by atomic mass is 10.1. The van der Waals surface area contributed by atoms with Crippen LogP contribution in [0.1, 0.15) is 39.6 Å². The first-order valence-corrected chi connectivity index (χ1v) is 7.77. The van der Waals surface area contributed by atoms with E-state index in [1.165, 1.54) is 30.3 Å². The van der Waals surface area contributed by atoms with Gasteiger partial charge in [0.25, 0.3) is 5.91 Å². The molecule has 3 N–H and O–H groups in total. The van der Waals surface area contributed by atoms with Crippen LogP contribution in [0.4, 0.5) is 18.9 Å². The first kappa shape index (κ1) is 19.3. The number of ether oxygens (including phenoxy) is 1. The number of hydrogen-bond donors (Lipinski definition) is 2. The Hall–Kier alpha value is -3.03. The number of rotatable bonds is 6. The Morgan fingerprint density at radius 2 is 1.69 bits per heavy atom. The second-order valence-corrected chi connectivity index (χ2v) is 5.45. The van der Waals surface area contributed by atoms with Crippen LogP contribution in [0.5, 0.6) is 5.75 Å². The molecule has 0 spiro atoms. The number of nitrogens with one attached hydrogen (secondary N) is 1. The number of halogens is 3. The quantitative estimate of drug-likeness (QED) is 0.815. The average molecular weight is 366 g/mol. The van der Waals surface area contributed by atoms with Crippen LogP contribution >= 0.6 is 0 Å². The molecule has 0 atom stereocenters. The molecule has 0 fully saturated rings. The maximum Gasteiger partial charge on any atom is 0.416 e. The van der Waals surface area contributed by atoms with Crippen LogP contribution in [-0.4, -0.2) is 18.4 Å². The van der Waals surface area contributed by atoms with Crippen molar-refractivity contribution >= 4 is 17.5 Å². The highest BCUT2D eigenvalue weighted by atomic mass is 19.4. The summed E-state index contributed by atoms with van der Waals surface area (Å²) in [6, 6.07) is 8.31. The van der Waals surface area contributed by atoms with Crippen molar-refractivity contribution in [1.29, 1.82) is 0 Å². The van der Waals surface area contributed by atoms with Gasteiger partial charge in [0.05, 0.1) is 17.9 Å². The van der Waals surface area contributed by atoms with Gasteiger partial charge in [0, 0.05) is 11.1 Å². The maximum atomic E-state index is 12.9. The van der Waals surface area contributed by atoms with E-state index in [4.69, 9.17) is 10.5 Å². The van der Waals surface area contributed by atoms with E-state index in [9.17, 15) is 22.8 Å². The molecule has 0 heterocycles. The van der Waals surface area contributed by atoms with Crippen molar-refractivity contribution in [2.45, 2.75) is 19.5 Å². The fraction of sp³-hybridized carbons (Fsp3) is 0.222. The van der Waals surface area contributed by atoms with E-state index in [1.54, 1.807) is 0 Å². The zero-order chi connectivity index (χ0) is 19.3. The van der Waals surface area contributed by atoms with Crippen LogP contribution in [0.2, 0.25) is 0 Å². The number of carbonyl (C=O) groups is 2. The summed E-state index contributed by atoms with van der Waals surface area (Å²) in [6.45, 7) is 2.14. The third-order valence-corrected chi connectivity index (χ3v) is 3.45. The van der Waals surface area contributed by atoms with Crippen molar-refractivity contribution in [3.05, 3.63) is 59.2 Å². The molecule has 0 aliphatic heterocycles. The van der Waals surface area contributed by atoms with Gasteiger partial charge in [0.1, 0.15) is 5.75 Å². The minimum absolute atomic E-state index is 0.0859. The number of hydrogen-bond acceptors (Lipinski definition) is 3. The molecule has 5 nitrogen and oxygen atoms in total. The minimum atomic E-state index is -4.55. The molecule has 2 aromatic carbocycles. The van der Waals surface area contributed by atoms with Gasteiger partial charge in [-0.2, -0.15) is 13.2 Å². The standard InChI is InChI=1S/C18H17F3N2O3/c1-2-9-26-15-8-7-13(18(19,20)21)10-14(15)23-17(25)12-5-3-11(4-6-12)16(22)24/h3-8,10H,2,9H2,1H3,(H2,22,24)(H,23,25). The van der Waals surface area contributed by atoms with Gasteiger partial charge in [0.15, 0.2) is 0 Å². The fourth-order valence-corrected chi connectivity index (χ4v) is 2.12. The summed E-state index contributed by atoms with van der Waals surface area (Å²) in [5, 5.41) is 2.42. The Kier molecular flexibility index (Phi) is 5.86. The van der Waals surface area contributed by atoms with E-state index in [0.29, 0.717) is 13.0 Å². The third kappa shape index (κ3) is 4.75. The van der Waals surface area contributed by atoms with Crippen molar-refractivity contribution in [3.8, 4) is 5.75 Å². The number of nitrogens with two attached hydrogens (primary N) is 1. The van der Waals surface area contributed by atoms with E-state index >= 15 is 0 Å². The molecule has 0 bridgehead atoms. The van der Waals surface area contributed by atoms with Gasteiger partial charge in [0.2, 0.25) is 5.91 Å². The number of anilines is 1. The highest BCUT2D eigenvalue weighted by Crippen LogP contribution is 2.35. The fourth-order valence-electron chi connectivity index (χ4n) is 2.12. The van der Waals surface area contributed by atoms with Crippen LogP contribution in [0.25, 0.3) is 0 Å². The number of benzene rings is 2. The van der Waals surface area contributed by atoms with Gasteiger partial charge in [-0.1, -0.05) is 6.92 Å². The first-order valence-electron chi connectivity index (χ1n) is 7.77. The number of carbonyl (C=O) groups excluding carboxylic acids is 2. The SMILES string of the molecule is CCCOc1ccc(C(F)(F)F)cc1NC(=O)c1ccc(C(N)=O)cc1. The van der Waals surface area contributed by atoms with Crippen molar-refractivity contribution in [1.82, 2.24) is 0 Å². The Morgan fingerprint density at radius 1 is 1.08 bits per heavy atom. The number of alkyl halides is 3. The molecular formula is C18H17F3N2O3. The summed E-state index contributed by atoms with van der Waals surface area (Å²) >= 11 is 0. The zero-order valence-electron chi connectivity index (χ0n) is 13.9. The van der Waals surface area contributed by atoms with Crippen LogP contribution in [0.15, 0.2) is 42.5 Å². The second kappa shape index (κ2) is 7.90. The Balaban J connectivity index is 2.29. The molecular weight excluding hydrogens is 349 g/mol. The van der Waals surface area contributed by atoms with Crippen molar-refractivity contribution in [2.75, 3.05) is 11.9 Å². The van der Waals surface area contributed by atoms with Crippen molar-refractivity contribution in [3.63, 3.8) is 0 Å². The summed E-state index contributed by atoms with van der Waals surface area (Å²) in [7, 11) is 0. The van der Waals surface area contributed by atoms with E-state index in [2.05, 4.69) is 5.32 Å². The Labute approximate surface area is 148 Å².